The number of aryl methyl sites for hydroxylation is 1. The fourth-order valence-electron chi connectivity index (χ4n) is 7.06. The highest BCUT2D eigenvalue weighted by molar-refractivity contribution is 6.00. The maximum Gasteiger partial charge on any atom is 0.318 e. The summed E-state index contributed by atoms with van der Waals surface area (Å²) in [4.78, 5) is 41.8. The number of urea groups is 1. The van der Waals surface area contributed by atoms with Gasteiger partial charge in [-0.25, -0.2) is 4.79 Å². The average Bonchev–Trinajstić information content (AvgIpc) is 3.38. The lowest BCUT2D eigenvalue weighted by Gasteiger charge is -2.45. The van der Waals surface area contributed by atoms with Gasteiger partial charge in [-0.05, 0) is 73.8 Å². The fourth-order valence-corrected chi connectivity index (χ4v) is 7.06. The molecule has 0 bridgehead atoms. The van der Waals surface area contributed by atoms with E-state index in [9.17, 15) is 14.4 Å². The molecule has 2 saturated carbocycles. The number of hydrogen-bond donors (Lipinski definition) is 3. The number of hydrogen-bond acceptors (Lipinski definition) is 5. The Hall–Kier alpha value is -3.40. The van der Waals surface area contributed by atoms with E-state index < -0.39 is 11.6 Å². The summed E-state index contributed by atoms with van der Waals surface area (Å²) < 4.78 is 7.20. The fraction of sp³-hybridized carbons (Fsp3) is 0.600. The van der Waals surface area contributed by atoms with Gasteiger partial charge in [0.05, 0.1) is 12.1 Å². The van der Waals surface area contributed by atoms with Crippen LogP contribution in [0.4, 0.5) is 10.5 Å². The number of aromatic nitrogens is 2. The summed E-state index contributed by atoms with van der Waals surface area (Å²) in [5.41, 5.74) is 3.18. The Labute approximate surface area is 235 Å². The molecule has 4 aliphatic rings. The Balaban J connectivity index is 1.20. The molecular formula is C30H40N6O4. The molecule has 3 aliphatic carbocycles. The molecule has 3 fully saturated rings. The van der Waals surface area contributed by atoms with Crippen LogP contribution in [0.1, 0.15) is 66.6 Å². The molecule has 1 aromatic carbocycles. The topological polar surface area (TPSA) is 118 Å². The van der Waals surface area contributed by atoms with Crippen LogP contribution in [0.25, 0.3) is 0 Å². The summed E-state index contributed by atoms with van der Waals surface area (Å²) in [6.45, 7) is 1.98. The number of methoxy groups -OCH3 is 1. The van der Waals surface area contributed by atoms with E-state index in [0.717, 1.165) is 70.0 Å². The van der Waals surface area contributed by atoms with Gasteiger partial charge in [0.1, 0.15) is 11.7 Å². The number of amides is 4. The smallest absolute Gasteiger partial charge is 0.318 e. The largest absolute Gasteiger partial charge is 0.382 e. The summed E-state index contributed by atoms with van der Waals surface area (Å²) >= 11 is 0. The van der Waals surface area contributed by atoms with Crippen molar-refractivity contribution in [3.8, 4) is 0 Å². The van der Waals surface area contributed by atoms with Gasteiger partial charge in [-0.2, -0.15) is 5.10 Å². The summed E-state index contributed by atoms with van der Waals surface area (Å²) in [5.74, 6) is -0.408. The molecule has 1 spiro atoms. The minimum Gasteiger partial charge on any atom is -0.382 e. The molecule has 2 heterocycles. The number of carbonyl (C=O) groups excluding carboxylic acids is 3. The number of nitrogens with zero attached hydrogens (tertiary/aromatic N) is 3. The van der Waals surface area contributed by atoms with Crippen molar-refractivity contribution < 1.29 is 19.1 Å². The van der Waals surface area contributed by atoms with Crippen molar-refractivity contribution in [2.45, 2.75) is 69.4 Å². The third-order valence-electron chi connectivity index (χ3n) is 9.55. The second-order valence-electron chi connectivity index (χ2n) is 12.4. The van der Waals surface area contributed by atoms with E-state index in [2.05, 4.69) is 27.1 Å². The van der Waals surface area contributed by atoms with E-state index in [4.69, 9.17) is 4.74 Å². The quantitative estimate of drug-likeness (QED) is 0.469. The highest BCUT2D eigenvalue weighted by Crippen LogP contribution is 2.49. The summed E-state index contributed by atoms with van der Waals surface area (Å²) in [5, 5.41) is 13.3. The van der Waals surface area contributed by atoms with Crippen molar-refractivity contribution in [1.29, 1.82) is 0 Å². The molecule has 4 amide bonds. The first-order valence-electron chi connectivity index (χ1n) is 14.6. The number of carbonyl (C=O) groups is 3. The van der Waals surface area contributed by atoms with E-state index in [-0.39, 0.29) is 29.2 Å². The average molecular weight is 549 g/mol. The van der Waals surface area contributed by atoms with Crippen LogP contribution in [0.2, 0.25) is 0 Å². The molecule has 0 radical (unpaired) electrons. The Morgan fingerprint density at radius 1 is 1.15 bits per heavy atom. The number of nitrogens with one attached hydrogen (secondary N) is 3. The number of rotatable bonds is 8. The van der Waals surface area contributed by atoms with Crippen molar-refractivity contribution in [1.82, 2.24) is 25.3 Å². The minimum atomic E-state index is -0.629. The summed E-state index contributed by atoms with van der Waals surface area (Å²) in [7, 11) is 3.41. The van der Waals surface area contributed by atoms with Crippen LogP contribution in [0.15, 0.2) is 30.5 Å². The van der Waals surface area contributed by atoms with Gasteiger partial charge in [0.15, 0.2) is 0 Å². The van der Waals surface area contributed by atoms with Crippen LogP contribution in [0.3, 0.4) is 0 Å². The Bertz CT molecular complexity index is 1300. The first-order chi connectivity index (χ1) is 19.3. The van der Waals surface area contributed by atoms with Crippen LogP contribution in [0, 0.1) is 11.3 Å². The summed E-state index contributed by atoms with van der Waals surface area (Å²) in [6, 6.07) is 7.03. The number of anilines is 1. The van der Waals surface area contributed by atoms with Crippen molar-refractivity contribution in [2.75, 3.05) is 32.1 Å². The molecule has 2 atom stereocenters. The second kappa shape index (κ2) is 10.5. The Kier molecular flexibility index (Phi) is 7.06. The van der Waals surface area contributed by atoms with Gasteiger partial charge in [-0.1, -0.05) is 25.3 Å². The van der Waals surface area contributed by atoms with Crippen molar-refractivity contribution in [2.24, 2.45) is 18.4 Å². The third kappa shape index (κ3) is 5.09. The zero-order chi connectivity index (χ0) is 27.9. The number of ether oxygens (including phenoxy) is 1. The van der Waals surface area contributed by atoms with Gasteiger partial charge in [-0.3, -0.25) is 14.3 Å². The van der Waals surface area contributed by atoms with Crippen LogP contribution in [-0.4, -0.2) is 70.9 Å². The Morgan fingerprint density at radius 2 is 1.93 bits per heavy atom. The standard InChI is InChI=1S/C30H40N6O4/c1-35-24(10-13-32-35)26(37)34-25(20-6-4-3-5-7-20)27(38)33-23-9-8-21-15-30(19-40-2,16-22(21)14-23)36-18-29(11-12-29)17-31-28(36)39/h8-10,13-14,20,25H,3-7,11-12,15-19H2,1-2H3,(H,31,39)(H,33,38)(H,34,37)/t25-,30?/m0/s1. The Morgan fingerprint density at radius 3 is 2.62 bits per heavy atom. The number of fused-ring (bicyclic) bond motifs is 1. The highest BCUT2D eigenvalue weighted by Gasteiger charge is 2.54. The molecule has 214 valence electrons. The molecule has 10 heteroatoms. The van der Waals surface area contributed by atoms with Crippen molar-refractivity contribution in [3.63, 3.8) is 0 Å². The van der Waals surface area contributed by atoms with Gasteiger partial charge in [0.2, 0.25) is 5.91 Å². The monoisotopic (exact) mass is 548 g/mol. The van der Waals surface area contributed by atoms with Gasteiger partial charge in [0, 0.05) is 44.5 Å². The minimum absolute atomic E-state index is 0.0182. The normalized spacial score (nSPS) is 24.4. The molecule has 1 aromatic heterocycles. The van der Waals surface area contributed by atoms with E-state index in [0.29, 0.717) is 24.4 Å². The van der Waals surface area contributed by atoms with Gasteiger partial charge < -0.3 is 25.6 Å². The lowest BCUT2D eigenvalue weighted by molar-refractivity contribution is -0.119. The van der Waals surface area contributed by atoms with E-state index in [1.165, 1.54) is 10.2 Å². The zero-order valence-electron chi connectivity index (χ0n) is 23.5. The summed E-state index contributed by atoms with van der Waals surface area (Å²) in [6.07, 6.45) is 10.4. The molecule has 1 saturated heterocycles. The molecule has 10 nitrogen and oxygen atoms in total. The van der Waals surface area contributed by atoms with Crippen molar-refractivity contribution in [3.05, 3.63) is 47.3 Å². The molecule has 40 heavy (non-hydrogen) atoms. The zero-order valence-corrected chi connectivity index (χ0v) is 23.5. The molecule has 1 aliphatic heterocycles. The van der Waals surface area contributed by atoms with Crippen LogP contribution in [0.5, 0.6) is 0 Å². The maximum atomic E-state index is 13.7. The molecule has 2 aromatic rings. The SMILES string of the molecule is COCC1(N2CC3(CC3)CNC2=O)Cc2ccc(NC(=O)[C@@H](NC(=O)c3ccnn3C)C3CCCCC3)cc2C1. The third-order valence-corrected chi connectivity index (χ3v) is 9.55. The first kappa shape index (κ1) is 26.8. The van der Waals surface area contributed by atoms with Gasteiger partial charge in [0.25, 0.3) is 5.91 Å². The molecule has 6 rings (SSSR count). The second-order valence-corrected chi connectivity index (χ2v) is 12.4. The van der Waals surface area contributed by atoms with Crippen LogP contribution < -0.4 is 16.0 Å². The predicted octanol–water partition coefficient (Wildman–Crippen LogP) is 3.03. The lowest BCUT2D eigenvalue weighted by atomic mass is 9.83. The van der Waals surface area contributed by atoms with E-state index >= 15 is 0 Å². The van der Waals surface area contributed by atoms with E-state index in [1.807, 2.05) is 17.0 Å². The predicted molar refractivity (Wildman–Crippen MR) is 150 cm³/mol. The lowest BCUT2D eigenvalue weighted by Crippen LogP contribution is -2.64. The molecular weight excluding hydrogens is 508 g/mol. The first-order valence-corrected chi connectivity index (χ1v) is 14.6. The van der Waals surface area contributed by atoms with Crippen LogP contribution >= 0.6 is 0 Å². The number of benzene rings is 1. The molecule has 3 N–H and O–H groups in total. The van der Waals surface area contributed by atoms with Crippen molar-refractivity contribution >= 4 is 23.5 Å². The van der Waals surface area contributed by atoms with Gasteiger partial charge in [-0.15, -0.1) is 0 Å². The highest BCUT2D eigenvalue weighted by atomic mass is 16.5. The van der Waals surface area contributed by atoms with Gasteiger partial charge >= 0.3 is 6.03 Å². The maximum absolute atomic E-state index is 13.7. The van der Waals surface area contributed by atoms with E-state index in [1.54, 1.807) is 26.4 Å². The van der Waals surface area contributed by atoms with Crippen LogP contribution in [-0.2, 0) is 29.4 Å². The molecule has 1 unspecified atom stereocenters.